The highest BCUT2D eigenvalue weighted by Crippen LogP contribution is 2.16. The lowest BCUT2D eigenvalue weighted by Gasteiger charge is -2.22. The van der Waals surface area contributed by atoms with Crippen molar-refractivity contribution < 1.29 is 14.3 Å². The minimum Gasteiger partial charge on any atom is -0.481 e. The summed E-state index contributed by atoms with van der Waals surface area (Å²) < 4.78 is 5.69. The van der Waals surface area contributed by atoms with Gasteiger partial charge in [0, 0.05) is 31.5 Å². The fourth-order valence-corrected chi connectivity index (χ4v) is 2.31. The van der Waals surface area contributed by atoms with E-state index in [0.29, 0.717) is 17.9 Å². The van der Waals surface area contributed by atoms with Crippen molar-refractivity contribution in [1.29, 1.82) is 0 Å². The fraction of sp³-hybridized carbons (Fsp3) is 0.316. The van der Waals surface area contributed by atoms with Gasteiger partial charge in [-0.05, 0) is 50.1 Å². The summed E-state index contributed by atoms with van der Waals surface area (Å²) in [6, 6.07) is 10.7. The largest absolute Gasteiger partial charge is 0.481 e. The number of hydrogen-bond donors (Lipinski definition) is 0. The smallest absolute Gasteiger partial charge is 0.263 e. The zero-order valence-corrected chi connectivity index (χ0v) is 14.2. The second-order valence-corrected chi connectivity index (χ2v) is 5.71. The van der Waals surface area contributed by atoms with Crippen LogP contribution in [0.3, 0.4) is 0 Å². The topological polar surface area (TPSA) is 59.5 Å². The maximum atomic E-state index is 12.4. The Morgan fingerprint density at radius 1 is 1.21 bits per heavy atom. The average Bonchev–Trinajstić information content (AvgIpc) is 2.60. The van der Waals surface area contributed by atoms with E-state index < -0.39 is 6.10 Å². The van der Waals surface area contributed by atoms with Gasteiger partial charge in [0.25, 0.3) is 5.91 Å². The number of amides is 1. The summed E-state index contributed by atoms with van der Waals surface area (Å²) in [5.74, 6) is 0.386. The first-order valence-corrected chi connectivity index (χ1v) is 7.89. The molecule has 1 atom stereocenters. The number of likely N-dealkylation sites (N-methyl/N-ethyl adjacent to an activating group) is 1. The van der Waals surface area contributed by atoms with Crippen LogP contribution in [-0.2, 0) is 11.2 Å². The molecule has 0 bridgehead atoms. The van der Waals surface area contributed by atoms with Gasteiger partial charge in [-0.1, -0.05) is 12.1 Å². The number of aromatic nitrogens is 1. The molecule has 2 aromatic rings. The van der Waals surface area contributed by atoms with Gasteiger partial charge in [0.2, 0.25) is 0 Å². The Morgan fingerprint density at radius 3 is 2.58 bits per heavy atom. The van der Waals surface area contributed by atoms with Crippen molar-refractivity contribution in [1.82, 2.24) is 9.88 Å². The molecule has 126 valence electrons. The zero-order valence-electron chi connectivity index (χ0n) is 14.2. The van der Waals surface area contributed by atoms with Crippen molar-refractivity contribution in [3.8, 4) is 5.75 Å². The molecule has 0 spiro atoms. The molecule has 0 radical (unpaired) electrons. The third-order valence-corrected chi connectivity index (χ3v) is 3.76. The first-order valence-electron chi connectivity index (χ1n) is 7.89. The standard InChI is InChI=1S/C19H22N2O3/c1-14(22)17-5-4-6-18(13-17)24-15(2)19(23)21(3)12-9-16-7-10-20-11-8-16/h4-8,10-11,13,15H,9,12H2,1-3H3/t15-/m0/s1. The number of benzene rings is 1. The minimum absolute atomic E-state index is 0.0334. The van der Waals surface area contributed by atoms with Crippen molar-refractivity contribution >= 4 is 11.7 Å². The average molecular weight is 326 g/mol. The number of nitrogens with zero attached hydrogens (tertiary/aromatic N) is 2. The Kier molecular flexibility index (Phi) is 6.07. The summed E-state index contributed by atoms with van der Waals surface area (Å²) in [6.45, 7) is 3.82. The molecule has 0 aliphatic heterocycles. The highest BCUT2D eigenvalue weighted by atomic mass is 16.5. The van der Waals surface area contributed by atoms with E-state index in [1.165, 1.54) is 6.92 Å². The molecule has 0 fully saturated rings. The van der Waals surface area contributed by atoms with Gasteiger partial charge in [0.1, 0.15) is 5.75 Å². The third kappa shape index (κ3) is 4.91. The second-order valence-electron chi connectivity index (χ2n) is 5.71. The van der Waals surface area contributed by atoms with Crippen molar-refractivity contribution in [2.45, 2.75) is 26.4 Å². The number of ketones is 1. The lowest BCUT2D eigenvalue weighted by molar-refractivity contribution is -0.136. The molecule has 5 nitrogen and oxygen atoms in total. The normalized spacial score (nSPS) is 11.6. The SMILES string of the molecule is CC(=O)c1cccc(O[C@@H](C)C(=O)N(C)CCc2ccncc2)c1. The summed E-state index contributed by atoms with van der Waals surface area (Å²) in [5, 5.41) is 0. The van der Waals surface area contributed by atoms with Crippen molar-refractivity contribution in [3.05, 3.63) is 59.9 Å². The van der Waals surface area contributed by atoms with E-state index in [0.717, 1.165) is 12.0 Å². The van der Waals surface area contributed by atoms with Crippen LogP contribution in [0.2, 0.25) is 0 Å². The van der Waals surface area contributed by atoms with E-state index in [2.05, 4.69) is 4.98 Å². The molecule has 1 heterocycles. The van der Waals surface area contributed by atoms with Gasteiger partial charge >= 0.3 is 0 Å². The van der Waals surface area contributed by atoms with Gasteiger partial charge in [0.05, 0.1) is 0 Å². The highest BCUT2D eigenvalue weighted by molar-refractivity contribution is 5.94. The Morgan fingerprint density at radius 2 is 1.92 bits per heavy atom. The number of ether oxygens (including phenoxy) is 1. The zero-order chi connectivity index (χ0) is 17.5. The predicted octanol–water partition coefficient (Wildman–Crippen LogP) is 2.75. The van der Waals surface area contributed by atoms with Crippen LogP contribution in [0.15, 0.2) is 48.8 Å². The molecule has 0 aliphatic rings. The summed E-state index contributed by atoms with van der Waals surface area (Å²) in [5.41, 5.74) is 1.70. The quantitative estimate of drug-likeness (QED) is 0.734. The van der Waals surface area contributed by atoms with Crippen molar-refractivity contribution in [2.75, 3.05) is 13.6 Å². The van der Waals surface area contributed by atoms with Gasteiger partial charge in [-0.2, -0.15) is 0 Å². The van der Waals surface area contributed by atoms with Crippen LogP contribution in [-0.4, -0.2) is 41.3 Å². The molecule has 1 aromatic carbocycles. The maximum absolute atomic E-state index is 12.4. The molecule has 5 heteroatoms. The minimum atomic E-state index is -0.616. The van der Waals surface area contributed by atoms with Crippen LogP contribution in [0, 0.1) is 0 Å². The number of Topliss-reactive ketones (excluding diaryl/α,β-unsaturated/α-hetero) is 1. The van der Waals surface area contributed by atoms with Crippen LogP contribution in [0.5, 0.6) is 5.75 Å². The Balaban J connectivity index is 1.91. The van der Waals surface area contributed by atoms with Gasteiger partial charge in [-0.15, -0.1) is 0 Å². The molecular weight excluding hydrogens is 304 g/mol. The summed E-state index contributed by atoms with van der Waals surface area (Å²) in [7, 11) is 1.76. The van der Waals surface area contributed by atoms with Crippen molar-refractivity contribution in [2.24, 2.45) is 0 Å². The van der Waals surface area contributed by atoms with Crippen LogP contribution in [0.25, 0.3) is 0 Å². The highest BCUT2D eigenvalue weighted by Gasteiger charge is 2.19. The number of rotatable bonds is 7. The van der Waals surface area contributed by atoms with Gasteiger partial charge in [-0.3, -0.25) is 14.6 Å². The molecule has 0 N–H and O–H groups in total. The van der Waals surface area contributed by atoms with Crippen LogP contribution < -0.4 is 4.74 Å². The number of pyridine rings is 1. The number of carbonyl (C=O) groups excluding carboxylic acids is 2. The molecule has 0 saturated heterocycles. The Hall–Kier alpha value is -2.69. The molecular formula is C19H22N2O3. The van der Waals surface area contributed by atoms with E-state index in [9.17, 15) is 9.59 Å². The van der Waals surface area contributed by atoms with E-state index in [4.69, 9.17) is 4.74 Å². The van der Waals surface area contributed by atoms with E-state index in [1.54, 1.807) is 55.5 Å². The monoisotopic (exact) mass is 326 g/mol. The van der Waals surface area contributed by atoms with E-state index >= 15 is 0 Å². The van der Waals surface area contributed by atoms with E-state index in [1.807, 2.05) is 12.1 Å². The molecule has 0 aliphatic carbocycles. The van der Waals surface area contributed by atoms with Crippen LogP contribution in [0.4, 0.5) is 0 Å². The lowest BCUT2D eigenvalue weighted by atomic mass is 10.1. The fourth-order valence-electron chi connectivity index (χ4n) is 2.31. The predicted molar refractivity (Wildman–Crippen MR) is 92.1 cm³/mol. The van der Waals surface area contributed by atoms with Gasteiger partial charge in [0.15, 0.2) is 11.9 Å². The second kappa shape index (κ2) is 8.24. The first kappa shape index (κ1) is 17.7. The molecule has 24 heavy (non-hydrogen) atoms. The Bertz CT molecular complexity index is 701. The van der Waals surface area contributed by atoms with Gasteiger partial charge < -0.3 is 9.64 Å². The molecule has 2 rings (SSSR count). The lowest BCUT2D eigenvalue weighted by Crippen LogP contribution is -2.39. The van der Waals surface area contributed by atoms with Crippen LogP contribution in [0.1, 0.15) is 29.8 Å². The molecule has 0 saturated carbocycles. The maximum Gasteiger partial charge on any atom is 0.263 e. The van der Waals surface area contributed by atoms with Gasteiger partial charge in [-0.25, -0.2) is 0 Å². The van der Waals surface area contributed by atoms with Crippen LogP contribution >= 0.6 is 0 Å². The first-order chi connectivity index (χ1) is 11.5. The Labute approximate surface area is 142 Å². The summed E-state index contributed by atoms with van der Waals surface area (Å²) in [4.78, 5) is 29.4. The number of hydrogen-bond acceptors (Lipinski definition) is 4. The summed E-state index contributed by atoms with van der Waals surface area (Å²) in [6.07, 6.45) is 3.63. The summed E-state index contributed by atoms with van der Waals surface area (Å²) >= 11 is 0. The molecule has 1 amide bonds. The molecule has 1 aromatic heterocycles. The molecule has 0 unspecified atom stereocenters. The van der Waals surface area contributed by atoms with Crippen molar-refractivity contribution in [3.63, 3.8) is 0 Å². The number of carbonyl (C=O) groups is 2. The third-order valence-electron chi connectivity index (χ3n) is 3.76. The van der Waals surface area contributed by atoms with E-state index in [-0.39, 0.29) is 11.7 Å².